The Balaban J connectivity index is 2.73. The van der Waals surface area contributed by atoms with Crippen molar-refractivity contribution in [1.29, 1.82) is 0 Å². The number of benzene rings is 1. The van der Waals surface area contributed by atoms with Gasteiger partial charge in [-0.25, -0.2) is 4.39 Å². The molecular formula is C13H20FN. The molecule has 0 spiro atoms. The average molecular weight is 209 g/mol. The molecule has 0 bridgehead atoms. The number of hydrogen-bond donors (Lipinski definition) is 1. The summed E-state index contributed by atoms with van der Waals surface area (Å²) in [6, 6.07) is 5.99. The van der Waals surface area contributed by atoms with E-state index in [2.05, 4.69) is 19.2 Å². The van der Waals surface area contributed by atoms with Gasteiger partial charge in [0.2, 0.25) is 0 Å². The largest absolute Gasteiger partial charge is 0.317 e. The lowest BCUT2D eigenvalue weighted by atomic mass is 9.94. The molecule has 0 aliphatic carbocycles. The van der Waals surface area contributed by atoms with Crippen LogP contribution in [0.1, 0.15) is 37.3 Å². The van der Waals surface area contributed by atoms with Crippen molar-refractivity contribution >= 4 is 0 Å². The van der Waals surface area contributed by atoms with Gasteiger partial charge in [-0.05, 0) is 50.4 Å². The molecule has 0 aliphatic rings. The van der Waals surface area contributed by atoms with Gasteiger partial charge in [0.1, 0.15) is 5.82 Å². The van der Waals surface area contributed by atoms with E-state index >= 15 is 0 Å². The van der Waals surface area contributed by atoms with Gasteiger partial charge < -0.3 is 5.32 Å². The van der Waals surface area contributed by atoms with E-state index in [0.29, 0.717) is 17.5 Å². The van der Waals surface area contributed by atoms with Crippen molar-refractivity contribution in [2.45, 2.75) is 39.2 Å². The maximum Gasteiger partial charge on any atom is 0.126 e. The lowest BCUT2D eigenvalue weighted by Gasteiger charge is -2.17. The van der Waals surface area contributed by atoms with Crippen LogP contribution in [0.2, 0.25) is 0 Å². The van der Waals surface area contributed by atoms with Crippen LogP contribution in [0.4, 0.5) is 4.39 Å². The quantitative estimate of drug-likeness (QED) is 0.802. The minimum absolute atomic E-state index is 0.100. The first kappa shape index (κ1) is 12.2. The first-order valence-corrected chi connectivity index (χ1v) is 5.48. The molecule has 1 rings (SSSR count). The van der Waals surface area contributed by atoms with Gasteiger partial charge in [0, 0.05) is 6.04 Å². The van der Waals surface area contributed by atoms with Crippen LogP contribution in [0.25, 0.3) is 0 Å². The van der Waals surface area contributed by atoms with E-state index < -0.39 is 0 Å². The highest BCUT2D eigenvalue weighted by molar-refractivity contribution is 5.25. The summed E-state index contributed by atoms with van der Waals surface area (Å²) in [5, 5.41) is 3.20. The summed E-state index contributed by atoms with van der Waals surface area (Å²) < 4.78 is 13.3. The summed E-state index contributed by atoms with van der Waals surface area (Å²) in [7, 11) is 1.95. The fraction of sp³-hybridized carbons (Fsp3) is 0.538. The van der Waals surface area contributed by atoms with E-state index in [-0.39, 0.29) is 5.82 Å². The molecule has 0 aliphatic heterocycles. The Morgan fingerprint density at radius 3 is 2.53 bits per heavy atom. The van der Waals surface area contributed by atoms with E-state index in [1.807, 2.05) is 19.2 Å². The second-order valence-electron chi connectivity index (χ2n) is 4.34. The fourth-order valence-corrected chi connectivity index (χ4v) is 1.70. The second-order valence-corrected chi connectivity index (χ2v) is 4.34. The zero-order valence-corrected chi connectivity index (χ0v) is 9.97. The highest BCUT2D eigenvalue weighted by Gasteiger charge is 2.10. The SMILES string of the molecule is CNC(C)CC(C)c1ccc(C)c(F)c1. The van der Waals surface area contributed by atoms with Crippen LogP contribution >= 0.6 is 0 Å². The summed E-state index contributed by atoms with van der Waals surface area (Å²) in [6.45, 7) is 6.07. The maximum absolute atomic E-state index is 13.3. The van der Waals surface area contributed by atoms with Crippen LogP contribution in [0.5, 0.6) is 0 Å². The Kier molecular flexibility index (Phi) is 4.28. The van der Waals surface area contributed by atoms with Crippen LogP contribution in [0, 0.1) is 12.7 Å². The molecule has 1 aromatic carbocycles. The molecule has 15 heavy (non-hydrogen) atoms. The van der Waals surface area contributed by atoms with Crippen LogP contribution in [-0.2, 0) is 0 Å². The zero-order valence-electron chi connectivity index (χ0n) is 9.97. The van der Waals surface area contributed by atoms with Crippen molar-refractivity contribution < 1.29 is 4.39 Å². The zero-order chi connectivity index (χ0) is 11.4. The molecule has 2 unspecified atom stereocenters. The van der Waals surface area contributed by atoms with E-state index in [0.717, 1.165) is 12.0 Å². The normalized spacial score (nSPS) is 15.0. The molecule has 1 nitrogen and oxygen atoms in total. The van der Waals surface area contributed by atoms with Crippen molar-refractivity contribution in [2.24, 2.45) is 0 Å². The van der Waals surface area contributed by atoms with Crippen molar-refractivity contribution in [3.63, 3.8) is 0 Å². The van der Waals surface area contributed by atoms with Crippen LogP contribution < -0.4 is 5.32 Å². The van der Waals surface area contributed by atoms with Crippen LogP contribution in [0.15, 0.2) is 18.2 Å². The van der Waals surface area contributed by atoms with Crippen LogP contribution in [-0.4, -0.2) is 13.1 Å². The summed E-state index contributed by atoms with van der Waals surface area (Å²) in [5.41, 5.74) is 1.80. The number of nitrogens with one attached hydrogen (secondary N) is 1. The molecule has 1 N–H and O–H groups in total. The molecule has 1 aromatic rings. The number of rotatable bonds is 4. The molecule has 2 heteroatoms. The van der Waals surface area contributed by atoms with Gasteiger partial charge in [0.05, 0.1) is 0 Å². The van der Waals surface area contributed by atoms with Gasteiger partial charge in [0.25, 0.3) is 0 Å². The highest BCUT2D eigenvalue weighted by atomic mass is 19.1. The average Bonchev–Trinajstić information content (AvgIpc) is 2.21. The predicted molar refractivity (Wildman–Crippen MR) is 62.7 cm³/mol. The maximum atomic E-state index is 13.3. The van der Waals surface area contributed by atoms with Crippen molar-refractivity contribution in [1.82, 2.24) is 5.32 Å². The molecule has 0 saturated carbocycles. The lowest BCUT2D eigenvalue weighted by molar-refractivity contribution is 0.513. The summed E-state index contributed by atoms with van der Waals surface area (Å²) >= 11 is 0. The Hall–Kier alpha value is -0.890. The van der Waals surface area contributed by atoms with E-state index in [4.69, 9.17) is 0 Å². The van der Waals surface area contributed by atoms with E-state index in [1.165, 1.54) is 0 Å². The third-order valence-corrected chi connectivity index (χ3v) is 2.96. The van der Waals surface area contributed by atoms with Gasteiger partial charge in [-0.2, -0.15) is 0 Å². The first-order chi connectivity index (χ1) is 7.04. The molecule has 84 valence electrons. The standard InChI is InChI=1S/C13H20FN/c1-9-5-6-12(8-13(9)14)10(2)7-11(3)15-4/h5-6,8,10-11,15H,7H2,1-4H3. The number of hydrogen-bond acceptors (Lipinski definition) is 1. The molecule has 0 radical (unpaired) electrons. The van der Waals surface area contributed by atoms with E-state index in [9.17, 15) is 4.39 Å². The van der Waals surface area contributed by atoms with Crippen LogP contribution in [0.3, 0.4) is 0 Å². The smallest absolute Gasteiger partial charge is 0.126 e. The Bertz CT molecular complexity index is 322. The van der Waals surface area contributed by atoms with Gasteiger partial charge >= 0.3 is 0 Å². The topological polar surface area (TPSA) is 12.0 Å². The Morgan fingerprint density at radius 1 is 1.33 bits per heavy atom. The van der Waals surface area contributed by atoms with Crippen molar-refractivity contribution in [2.75, 3.05) is 7.05 Å². The summed E-state index contributed by atoms with van der Waals surface area (Å²) in [5.74, 6) is 0.291. The molecule has 0 heterocycles. The van der Waals surface area contributed by atoms with Gasteiger partial charge in [0.15, 0.2) is 0 Å². The van der Waals surface area contributed by atoms with E-state index in [1.54, 1.807) is 13.0 Å². The van der Waals surface area contributed by atoms with Crippen molar-refractivity contribution in [3.8, 4) is 0 Å². The highest BCUT2D eigenvalue weighted by Crippen LogP contribution is 2.22. The molecule has 0 aromatic heterocycles. The molecule has 0 fully saturated rings. The fourth-order valence-electron chi connectivity index (χ4n) is 1.70. The minimum Gasteiger partial charge on any atom is -0.317 e. The minimum atomic E-state index is -0.100. The van der Waals surface area contributed by atoms with Crippen molar-refractivity contribution in [3.05, 3.63) is 35.1 Å². The predicted octanol–water partition coefficient (Wildman–Crippen LogP) is 3.24. The van der Waals surface area contributed by atoms with Gasteiger partial charge in [-0.15, -0.1) is 0 Å². The Labute approximate surface area is 91.7 Å². The molecule has 2 atom stereocenters. The number of halogens is 1. The lowest BCUT2D eigenvalue weighted by Crippen LogP contribution is -2.22. The third-order valence-electron chi connectivity index (χ3n) is 2.96. The molecular weight excluding hydrogens is 189 g/mol. The molecule has 0 amide bonds. The summed E-state index contributed by atoms with van der Waals surface area (Å²) in [6.07, 6.45) is 1.03. The molecule has 0 saturated heterocycles. The number of aryl methyl sites for hydroxylation is 1. The third kappa shape index (κ3) is 3.31. The Morgan fingerprint density at radius 2 is 2.00 bits per heavy atom. The monoisotopic (exact) mass is 209 g/mol. The van der Waals surface area contributed by atoms with Gasteiger partial charge in [-0.3, -0.25) is 0 Å². The summed E-state index contributed by atoms with van der Waals surface area (Å²) in [4.78, 5) is 0. The van der Waals surface area contributed by atoms with Gasteiger partial charge in [-0.1, -0.05) is 19.1 Å². The second kappa shape index (κ2) is 5.26. The first-order valence-electron chi connectivity index (χ1n) is 5.48.